The monoisotopic (exact) mass is 463 g/mol. The molecule has 1 saturated carbocycles. The molecular weight excluding hydrogens is 430 g/mol. The average Bonchev–Trinajstić information content (AvgIpc) is 3.31. The number of hydrogen-bond acceptors (Lipinski definition) is 4. The Bertz CT molecular complexity index is 1290. The Kier molecular flexibility index (Phi) is 5.30. The van der Waals surface area contributed by atoms with Gasteiger partial charge in [-0.2, -0.15) is 0 Å². The number of nitrogens with one attached hydrogen (secondary N) is 2. The Labute approximate surface area is 200 Å². The van der Waals surface area contributed by atoms with Crippen molar-refractivity contribution in [3.8, 4) is 11.5 Å². The minimum atomic E-state index is -0.517. The van der Waals surface area contributed by atoms with Crippen LogP contribution in [0.25, 0.3) is 10.9 Å². The van der Waals surface area contributed by atoms with Crippen molar-refractivity contribution in [2.45, 2.75) is 57.9 Å². The zero-order valence-electron chi connectivity index (χ0n) is 20.2. The number of carbonyl (C=O) groups excluding carboxylic acids is 2. The van der Waals surface area contributed by atoms with E-state index in [0.717, 1.165) is 40.7 Å². The fourth-order valence-corrected chi connectivity index (χ4v) is 4.77. The molecular formula is C27H33N3O4. The highest BCUT2D eigenvalue weighted by Gasteiger charge is 2.51. The van der Waals surface area contributed by atoms with E-state index < -0.39 is 5.41 Å². The minimum absolute atomic E-state index is 0. The highest BCUT2D eigenvalue weighted by Crippen LogP contribution is 2.51. The maximum atomic E-state index is 13.3. The molecule has 3 aromatic rings. The van der Waals surface area contributed by atoms with Crippen molar-refractivity contribution in [3.05, 3.63) is 53.7 Å². The second-order valence-electron chi connectivity index (χ2n) is 10.3. The Morgan fingerprint density at radius 3 is 2.53 bits per heavy atom. The predicted octanol–water partition coefficient (Wildman–Crippen LogP) is 4.72. The lowest BCUT2D eigenvalue weighted by molar-refractivity contribution is -0.119. The largest absolute Gasteiger partial charge is 0.454 e. The van der Waals surface area contributed by atoms with Gasteiger partial charge in [0.2, 0.25) is 18.6 Å². The Morgan fingerprint density at radius 1 is 1.06 bits per heavy atom. The Hall–Kier alpha value is -3.48. The van der Waals surface area contributed by atoms with Gasteiger partial charge < -0.3 is 24.7 Å². The molecule has 0 saturated heterocycles. The summed E-state index contributed by atoms with van der Waals surface area (Å²) in [6, 6.07) is 14.0. The van der Waals surface area contributed by atoms with Gasteiger partial charge in [0.15, 0.2) is 11.5 Å². The zero-order valence-corrected chi connectivity index (χ0v) is 20.2. The average molecular weight is 464 g/mol. The molecule has 5 rings (SSSR count). The van der Waals surface area contributed by atoms with Gasteiger partial charge in [0.05, 0.1) is 5.41 Å². The lowest BCUT2D eigenvalue weighted by Crippen LogP contribution is -2.27. The number of hydrogen-bond donors (Lipinski definition) is 2. The molecule has 180 valence electrons. The third-order valence-electron chi connectivity index (χ3n) is 6.75. The quantitative estimate of drug-likeness (QED) is 0.554. The fraction of sp³-hybridized carbons (Fsp3) is 0.407. The van der Waals surface area contributed by atoms with E-state index in [2.05, 4.69) is 42.0 Å². The van der Waals surface area contributed by atoms with Crippen LogP contribution in [0.1, 0.15) is 53.2 Å². The number of benzene rings is 2. The maximum absolute atomic E-state index is 13.3. The van der Waals surface area contributed by atoms with Crippen LogP contribution in [0.15, 0.2) is 42.5 Å². The zero-order chi connectivity index (χ0) is 24.1. The molecule has 1 aromatic heterocycles. The van der Waals surface area contributed by atoms with Gasteiger partial charge in [-0.15, -0.1) is 0 Å². The van der Waals surface area contributed by atoms with E-state index in [4.69, 9.17) is 9.47 Å². The second kappa shape index (κ2) is 8.08. The molecule has 1 aliphatic carbocycles. The standard InChI is InChI=1S/C27H31N3O4.H2/c1-17(31)28-11-12-30-21-7-6-20(13-18(21)14-24(30)26(2,3)4)29-25(32)27(9-10-27)19-5-8-22-23(15-19)34-16-33-22;/h5-8,13-15H,9-12,16H2,1-4H3,(H,28,31)(H,29,32);1H. The summed E-state index contributed by atoms with van der Waals surface area (Å²) in [5, 5.41) is 7.11. The van der Waals surface area contributed by atoms with E-state index in [0.29, 0.717) is 18.8 Å². The highest BCUT2D eigenvalue weighted by atomic mass is 16.7. The van der Waals surface area contributed by atoms with E-state index in [1.807, 2.05) is 36.4 Å². The van der Waals surface area contributed by atoms with Crippen molar-refractivity contribution >= 4 is 28.4 Å². The van der Waals surface area contributed by atoms with Crippen molar-refractivity contribution in [1.29, 1.82) is 0 Å². The van der Waals surface area contributed by atoms with Gasteiger partial charge in [0.1, 0.15) is 0 Å². The molecule has 0 spiro atoms. The van der Waals surface area contributed by atoms with Crippen molar-refractivity contribution in [2.75, 3.05) is 18.7 Å². The molecule has 7 nitrogen and oxygen atoms in total. The van der Waals surface area contributed by atoms with Crippen LogP contribution >= 0.6 is 0 Å². The van der Waals surface area contributed by atoms with Crippen LogP contribution in [0, 0.1) is 0 Å². The fourth-order valence-electron chi connectivity index (χ4n) is 4.77. The van der Waals surface area contributed by atoms with Crippen LogP contribution in [-0.4, -0.2) is 29.7 Å². The number of amides is 2. The first-order valence-electron chi connectivity index (χ1n) is 11.8. The normalized spacial score (nSPS) is 15.9. The molecule has 0 unspecified atom stereocenters. The van der Waals surface area contributed by atoms with E-state index in [9.17, 15) is 9.59 Å². The van der Waals surface area contributed by atoms with E-state index >= 15 is 0 Å². The van der Waals surface area contributed by atoms with Crippen molar-refractivity contribution in [1.82, 2.24) is 9.88 Å². The summed E-state index contributed by atoms with van der Waals surface area (Å²) in [5.74, 6) is 1.40. The van der Waals surface area contributed by atoms with Gasteiger partial charge in [-0.1, -0.05) is 26.8 Å². The lowest BCUT2D eigenvalue weighted by atomic mass is 9.92. The number of ether oxygens (including phenoxy) is 2. The molecule has 2 N–H and O–H groups in total. The van der Waals surface area contributed by atoms with E-state index in [1.54, 1.807) is 0 Å². The summed E-state index contributed by atoms with van der Waals surface area (Å²) in [6.45, 7) is 9.55. The number of nitrogens with zero attached hydrogens (tertiary/aromatic N) is 1. The summed E-state index contributed by atoms with van der Waals surface area (Å²) in [5.41, 5.74) is 3.45. The second-order valence-corrected chi connectivity index (χ2v) is 10.3. The van der Waals surface area contributed by atoms with Gasteiger partial charge in [-0.25, -0.2) is 0 Å². The molecule has 2 heterocycles. The number of fused-ring (bicyclic) bond motifs is 2. The van der Waals surface area contributed by atoms with Crippen LogP contribution < -0.4 is 20.1 Å². The molecule has 1 aliphatic heterocycles. The van der Waals surface area contributed by atoms with Crippen LogP contribution in [0.4, 0.5) is 5.69 Å². The first-order chi connectivity index (χ1) is 16.2. The minimum Gasteiger partial charge on any atom is -0.454 e. The molecule has 34 heavy (non-hydrogen) atoms. The van der Waals surface area contributed by atoms with Gasteiger partial charge in [0, 0.05) is 49.1 Å². The topological polar surface area (TPSA) is 81.6 Å². The van der Waals surface area contributed by atoms with Crippen LogP contribution in [0.2, 0.25) is 0 Å². The van der Waals surface area contributed by atoms with Crippen LogP contribution in [0.3, 0.4) is 0 Å². The Balaban J connectivity index is 0.00000289. The smallest absolute Gasteiger partial charge is 0.235 e. The predicted molar refractivity (Wildman–Crippen MR) is 134 cm³/mol. The van der Waals surface area contributed by atoms with Gasteiger partial charge in [0.25, 0.3) is 0 Å². The lowest BCUT2D eigenvalue weighted by Gasteiger charge is -2.22. The van der Waals surface area contributed by atoms with Gasteiger partial charge >= 0.3 is 0 Å². The SMILES string of the molecule is CC(=O)NCCn1c(C(C)(C)C)cc2cc(NC(=O)C3(c4ccc5c(c4)OCO5)CC3)ccc21.[HH]. The number of aromatic nitrogens is 1. The molecule has 2 aliphatic rings. The number of anilines is 1. The summed E-state index contributed by atoms with van der Waals surface area (Å²) >= 11 is 0. The summed E-state index contributed by atoms with van der Waals surface area (Å²) < 4.78 is 13.2. The molecule has 2 aromatic carbocycles. The molecule has 0 bridgehead atoms. The van der Waals surface area contributed by atoms with E-state index in [-0.39, 0.29) is 25.4 Å². The first-order valence-corrected chi connectivity index (χ1v) is 11.8. The molecule has 1 fully saturated rings. The van der Waals surface area contributed by atoms with Crippen molar-refractivity contribution < 1.29 is 20.5 Å². The third kappa shape index (κ3) is 4.00. The highest BCUT2D eigenvalue weighted by molar-refractivity contribution is 6.02. The van der Waals surface area contributed by atoms with Crippen molar-refractivity contribution in [3.63, 3.8) is 0 Å². The molecule has 2 amide bonds. The van der Waals surface area contributed by atoms with Gasteiger partial charge in [-0.05, 0) is 54.8 Å². The summed E-state index contributed by atoms with van der Waals surface area (Å²) in [7, 11) is 0. The molecule has 0 atom stereocenters. The number of carbonyl (C=O) groups is 2. The van der Waals surface area contributed by atoms with Gasteiger partial charge in [-0.3, -0.25) is 9.59 Å². The summed E-state index contributed by atoms with van der Waals surface area (Å²) in [4.78, 5) is 24.7. The number of rotatable bonds is 6. The Morgan fingerprint density at radius 2 is 1.82 bits per heavy atom. The third-order valence-corrected chi connectivity index (χ3v) is 6.75. The van der Waals surface area contributed by atoms with Crippen LogP contribution in [0.5, 0.6) is 11.5 Å². The maximum Gasteiger partial charge on any atom is 0.235 e. The van der Waals surface area contributed by atoms with Crippen LogP contribution in [-0.2, 0) is 27.0 Å². The molecule has 0 radical (unpaired) electrons. The molecule has 7 heteroatoms. The summed E-state index contributed by atoms with van der Waals surface area (Å²) in [6.07, 6.45) is 1.63. The first kappa shape index (κ1) is 22.3. The van der Waals surface area contributed by atoms with Crippen molar-refractivity contribution in [2.24, 2.45) is 0 Å². The van der Waals surface area contributed by atoms with E-state index in [1.165, 1.54) is 12.6 Å².